The number of aromatic nitrogens is 3. The van der Waals surface area contributed by atoms with Crippen LogP contribution in [-0.2, 0) is 24.0 Å². The summed E-state index contributed by atoms with van der Waals surface area (Å²) in [5.41, 5.74) is 10.2. The Bertz CT molecular complexity index is 1500. The molecule has 0 radical (unpaired) electrons. The summed E-state index contributed by atoms with van der Waals surface area (Å²) in [6, 6.07) is 15.2. The van der Waals surface area contributed by atoms with Gasteiger partial charge in [-0.05, 0) is 87.1 Å². The van der Waals surface area contributed by atoms with Crippen molar-refractivity contribution in [3.05, 3.63) is 82.6 Å². The predicted molar refractivity (Wildman–Crippen MR) is 151 cm³/mol. The molecule has 1 fully saturated rings. The molecule has 7 heteroatoms. The number of aryl methyl sites for hydroxylation is 2. The number of ether oxygens (including phenoxy) is 1. The molecule has 4 aromatic rings. The molecule has 2 aliphatic rings. The smallest absolute Gasteiger partial charge is 0.358 e. The van der Waals surface area contributed by atoms with E-state index in [4.69, 9.17) is 9.72 Å². The monoisotopic (exact) mass is 509 g/mol. The number of esters is 1. The maximum atomic E-state index is 12.4. The van der Waals surface area contributed by atoms with E-state index < -0.39 is 0 Å². The number of carbonyl (C=O) groups excluding carboxylic acids is 1. The molecule has 6 rings (SSSR count). The molecule has 0 spiro atoms. The summed E-state index contributed by atoms with van der Waals surface area (Å²) in [4.78, 5) is 26.6. The molecule has 7 nitrogen and oxygen atoms in total. The molecule has 0 atom stereocenters. The second-order valence-electron chi connectivity index (χ2n) is 10.4. The van der Waals surface area contributed by atoms with Crippen LogP contribution >= 0.6 is 0 Å². The van der Waals surface area contributed by atoms with Crippen LogP contribution in [0.1, 0.15) is 45.5 Å². The lowest BCUT2D eigenvalue weighted by Gasteiger charge is -2.37. The van der Waals surface area contributed by atoms with Gasteiger partial charge in [-0.25, -0.2) is 9.78 Å². The lowest BCUT2D eigenvalue weighted by Crippen LogP contribution is -2.47. The van der Waals surface area contributed by atoms with Crippen LogP contribution in [0.2, 0.25) is 0 Å². The molecule has 2 aliphatic heterocycles. The van der Waals surface area contributed by atoms with Gasteiger partial charge in [0.15, 0.2) is 5.69 Å². The third-order valence-corrected chi connectivity index (χ3v) is 8.09. The van der Waals surface area contributed by atoms with E-state index in [2.05, 4.69) is 68.7 Å². The molecule has 0 saturated carbocycles. The highest BCUT2D eigenvalue weighted by Crippen LogP contribution is 2.32. The average Bonchev–Trinajstić information content (AvgIpc) is 3.37. The molecule has 1 saturated heterocycles. The standard InChI is InChI=1S/C31H35N5O2/c1-4-38-31(37)30-29-13-11-24-23(21(2)8-12-28(24)36(29)20-32-30)14-15-34-16-18-35(19-17-34)27-7-5-6-26-25(27)10-9-22(3)33-26/h5-10,12,20H,4,11,13-19H2,1-3H3. The Balaban J connectivity index is 1.15. The molecule has 0 amide bonds. The Morgan fingerprint density at radius 3 is 2.63 bits per heavy atom. The van der Waals surface area contributed by atoms with Crippen molar-refractivity contribution in [1.82, 2.24) is 19.4 Å². The van der Waals surface area contributed by atoms with E-state index in [1.54, 1.807) is 6.33 Å². The van der Waals surface area contributed by atoms with Crippen molar-refractivity contribution >= 4 is 22.6 Å². The molecular weight excluding hydrogens is 474 g/mol. The minimum Gasteiger partial charge on any atom is -0.461 e. The molecule has 2 aromatic heterocycles. The Labute approximate surface area is 224 Å². The van der Waals surface area contributed by atoms with Crippen LogP contribution in [0.15, 0.2) is 48.8 Å². The van der Waals surface area contributed by atoms with Crippen molar-refractivity contribution in [2.24, 2.45) is 0 Å². The number of hydrogen-bond donors (Lipinski definition) is 0. The summed E-state index contributed by atoms with van der Waals surface area (Å²) >= 11 is 0. The summed E-state index contributed by atoms with van der Waals surface area (Å²) in [6.45, 7) is 11.7. The van der Waals surface area contributed by atoms with Gasteiger partial charge in [-0.3, -0.25) is 9.88 Å². The van der Waals surface area contributed by atoms with Gasteiger partial charge in [-0.1, -0.05) is 12.1 Å². The highest BCUT2D eigenvalue weighted by Gasteiger charge is 2.27. The molecular formula is C31H35N5O2. The fourth-order valence-electron chi connectivity index (χ4n) is 6.08. The van der Waals surface area contributed by atoms with E-state index in [0.29, 0.717) is 12.3 Å². The summed E-state index contributed by atoms with van der Waals surface area (Å²) in [6.07, 6.45) is 4.53. The average molecular weight is 510 g/mol. The number of carbonyl (C=O) groups is 1. The molecule has 0 bridgehead atoms. The largest absolute Gasteiger partial charge is 0.461 e. The van der Waals surface area contributed by atoms with Crippen molar-refractivity contribution in [2.75, 3.05) is 44.2 Å². The Kier molecular flexibility index (Phi) is 6.62. The molecule has 0 aliphatic carbocycles. The molecule has 196 valence electrons. The first-order chi connectivity index (χ1) is 18.5. The first-order valence-corrected chi connectivity index (χ1v) is 13.7. The lowest BCUT2D eigenvalue weighted by molar-refractivity contribution is 0.0518. The first kappa shape index (κ1) is 24.6. The number of imidazole rings is 1. The molecule has 4 heterocycles. The Hall–Kier alpha value is -3.71. The SMILES string of the molecule is CCOC(=O)c1ncn2c1CCc1c-2ccc(C)c1CCN1CCN(c2cccc3nc(C)ccc23)CC1. The number of fused-ring (bicyclic) bond motifs is 4. The fourth-order valence-corrected chi connectivity index (χ4v) is 6.08. The zero-order chi connectivity index (χ0) is 26.2. The number of hydrogen-bond acceptors (Lipinski definition) is 6. The Morgan fingerprint density at radius 1 is 0.974 bits per heavy atom. The van der Waals surface area contributed by atoms with Gasteiger partial charge in [-0.15, -0.1) is 0 Å². The zero-order valence-corrected chi connectivity index (χ0v) is 22.5. The normalized spacial score (nSPS) is 15.4. The van der Waals surface area contributed by atoms with Gasteiger partial charge in [-0.2, -0.15) is 0 Å². The number of nitrogens with zero attached hydrogens (tertiary/aromatic N) is 5. The van der Waals surface area contributed by atoms with E-state index in [1.807, 2.05) is 13.8 Å². The van der Waals surface area contributed by atoms with Gasteiger partial charge < -0.3 is 14.2 Å². The number of anilines is 1. The van der Waals surface area contributed by atoms with Crippen LogP contribution in [0.25, 0.3) is 16.6 Å². The van der Waals surface area contributed by atoms with Crippen LogP contribution < -0.4 is 4.90 Å². The van der Waals surface area contributed by atoms with E-state index in [9.17, 15) is 4.79 Å². The van der Waals surface area contributed by atoms with Crippen molar-refractivity contribution in [3.63, 3.8) is 0 Å². The minimum absolute atomic E-state index is 0.328. The van der Waals surface area contributed by atoms with Crippen molar-refractivity contribution in [1.29, 1.82) is 0 Å². The van der Waals surface area contributed by atoms with Crippen LogP contribution in [0.5, 0.6) is 0 Å². The van der Waals surface area contributed by atoms with Crippen molar-refractivity contribution < 1.29 is 9.53 Å². The quantitative estimate of drug-likeness (QED) is 0.352. The minimum atomic E-state index is -0.328. The van der Waals surface area contributed by atoms with Crippen LogP contribution in [0, 0.1) is 13.8 Å². The van der Waals surface area contributed by atoms with E-state index >= 15 is 0 Å². The molecule has 38 heavy (non-hydrogen) atoms. The maximum Gasteiger partial charge on any atom is 0.358 e. The number of pyridine rings is 1. The highest BCUT2D eigenvalue weighted by molar-refractivity contribution is 5.92. The second-order valence-corrected chi connectivity index (χ2v) is 10.4. The highest BCUT2D eigenvalue weighted by atomic mass is 16.5. The van der Waals surface area contributed by atoms with Crippen molar-refractivity contribution in [3.8, 4) is 5.69 Å². The molecule has 2 aromatic carbocycles. The molecule has 0 N–H and O–H groups in total. The van der Waals surface area contributed by atoms with Gasteiger partial charge in [0, 0.05) is 49.5 Å². The summed E-state index contributed by atoms with van der Waals surface area (Å²) in [7, 11) is 0. The second kappa shape index (κ2) is 10.2. The molecule has 0 unspecified atom stereocenters. The van der Waals surface area contributed by atoms with E-state index in [0.717, 1.165) is 74.6 Å². The first-order valence-electron chi connectivity index (χ1n) is 13.7. The lowest BCUT2D eigenvalue weighted by atomic mass is 9.91. The van der Waals surface area contributed by atoms with E-state index in [1.165, 1.54) is 27.8 Å². The fraction of sp³-hybridized carbons (Fsp3) is 0.387. The van der Waals surface area contributed by atoms with Crippen LogP contribution in [0.3, 0.4) is 0 Å². The number of benzene rings is 2. The number of piperazine rings is 1. The van der Waals surface area contributed by atoms with Gasteiger partial charge in [0.05, 0.1) is 23.5 Å². The Morgan fingerprint density at radius 2 is 1.82 bits per heavy atom. The van der Waals surface area contributed by atoms with Gasteiger partial charge in [0.2, 0.25) is 0 Å². The maximum absolute atomic E-state index is 12.4. The van der Waals surface area contributed by atoms with Crippen LogP contribution in [-0.4, -0.2) is 64.7 Å². The predicted octanol–water partition coefficient (Wildman–Crippen LogP) is 4.68. The van der Waals surface area contributed by atoms with E-state index in [-0.39, 0.29) is 5.97 Å². The van der Waals surface area contributed by atoms with Crippen LogP contribution in [0.4, 0.5) is 5.69 Å². The van der Waals surface area contributed by atoms with Gasteiger partial charge >= 0.3 is 5.97 Å². The summed E-state index contributed by atoms with van der Waals surface area (Å²) in [5.74, 6) is -0.328. The zero-order valence-electron chi connectivity index (χ0n) is 22.5. The third-order valence-electron chi connectivity index (χ3n) is 8.09. The van der Waals surface area contributed by atoms with Gasteiger partial charge in [0.1, 0.15) is 6.33 Å². The van der Waals surface area contributed by atoms with Crippen molar-refractivity contribution in [2.45, 2.75) is 40.0 Å². The number of rotatable bonds is 6. The summed E-state index contributed by atoms with van der Waals surface area (Å²) in [5, 5.41) is 1.24. The topological polar surface area (TPSA) is 63.5 Å². The summed E-state index contributed by atoms with van der Waals surface area (Å²) < 4.78 is 7.31. The third kappa shape index (κ3) is 4.45. The van der Waals surface area contributed by atoms with Gasteiger partial charge in [0.25, 0.3) is 0 Å².